The van der Waals surface area contributed by atoms with Gasteiger partial charge in [0.2, 0.25) is 5.91 Å². The van der Waals surface area contributed by atoms with E-state index in [-0.39, 0.29) is 160 Å². The minimum Gasteiger partial charge on any atom is -0.812 e. The van der Waals surface area contributed by atoms with Crippen LogP contribution in [-0.4, -0.2) is 23.0 Å². The van der Waals surface area contributed by atoms with Crippen LogP contribution in [0.5, 0.6) is 0 Å². The summed E-state index contributed by atoms with van der Waals surface area (Å²) in [6.45, 7) is 10.4. The summed E-state index contributed by atoms with van der Waals surface area (Å²) in [6, 6.07) is 6.49. The van der Waals surface area contributed by atoms with Crippen molar-refractivity contribution in [1.82, 2.24) is 15.4 Å². The van der Waals surface area contributed by atoms with Crippen molar-refractivity contribution < 1.29 is 168 Å². The smallest absolute Gasteiger partial charge is 0.812 e. The topological polar surface area (TPSA) is 97.1 Å². The van der Waals surface area contributed by atoms with Crippen molar-refractivity contribution in [2.75, 3.05) is 0 Å². The average Bonchev–Trinajstić information content (AvgIpc) is 2.96. The summed E-state index contributed by atoms with van der Waals surface area (Å²) in [4.78, 5) is 27.4. The second kappa shape index (κ2) is 17.2. The number of aromatic amines is 1. The zero-order valence-corrected chi connectivity index (χ0v) is 28.9. The molecule has 1 aromatic carbocycles. The monoisotopic (exact) mass is 503 g/mol. The van der Waals surface area contributed by atoms with Gasteiger partial charge in [0.15, 0.2) is 0 Å². The van der Waals surface area contributed by atoms with Gasteiger partial charge < -0.3 is 25.7 Å². The van der Waals surface area contributed by atoms with E-state index in [2.05, 4.69) is 40.8 Å². The maximum absolute atomic E-state index is 12.7. The maximum atomic E-state index is 12.7. The molecular formula is C20H25K3N3O3P. The number of rotatable bonds is 8. The summed E-state index contributed by atoms with van der Waals surface area (Å²) in [5.41, 5.74) is 2.02. The van der Waals surface area contributed by atoms with Crippen molar-refractivity contribution in [3.63, 3.8) is 0 Å². The molecule has 3 unspecified atom stereocenters. The minimum absolute atomic E-state index is 0. The quantitative estimate of drug-likeness (QED) is 0.144. The van der Waals surface area contributed by atoms with E-state index in [9.17, 15) is 14.3 Å². The molecule has 30 heavy (non-hydrogen) atoms. The van der Waals surface area contributed by atoms with Crippen molar-refractivity contribution in [3.8, 4) is 11.8 Å². The first kappa shape index (κ1) is 34.9. The predicted octanol–water partition coefficient (Wildman–Crippen LogP) is -6.61. The zero-order valence-electron chi connectivity index (χ0n) is 18.6. The number of nitrogens with one attached hydrogen (secondary N) is 3. The molecule has 3 atom stereocenters. The number of fused-ring (bicyclic) bond motifs is 1. The minimum atomic E-state index is -4.04. The van der Waals surface area contributed by atoms with Crippen molar-refractivity contribution in [2.24, 2.45) is 5.92 Å². The normalized spacial score (nSPS) is 14.0. The summed E-state index contributed by atoms with van der Waals surface area (Å²) >= 11 is 0. The van der Waals surface area contributed by atoms with E-state index in [4.69, 9.17) is 0 Å². The second-order valence-electron chi connectivity index (χ2n) is 6.93. The molecule has 0 bridgehead atoms. The maximum Gasteiger partial charge on any atom is 1.00 e. The van der Waals surface area contributed by atoms with E-state index in [1.807, 2.05) is 44.3 Å². The van der Waals surface area contributed by atoms with Crippen molar-refractivity contribution in [1.29, 1.82) is 0 Å². The summed E-state index contributed by atoms with van der Waals surface area (Å²) in [6.07, 6.45) is 2.73. The van der Waals surface area contributed by atoms with E-state index < -0.39 is 25.5 Å². The van der Waals surface area contributed by atoms with E-state index in [0.717, 1.165) is 16.5 Å². The summed E-state index contributed by atoms with van der Waals surface area (Å²) in [5, 5.41) is 6.22. The Labute approximate surface area is 307 Å². The Bertz CT molecular complexity index is 903. The van der Waals surface area contributed by atoms with Crippen LogP contribution < -0.4 is 169 Å². The van der Waals surface area contributed by atoms with E-state index >= 15 is 0 Å². The van der Waals surface area contributed by atoms with Gasteiger partial charge in [-0.15, -0.1) is 0 Å². The van der Waals surface area contributed by atoms with Crippen molar-refractivity contribution >= 4 is 24.3 Å². The molecule has 0 aliphatic heterocycles. The van der Waals surface area contributed by atoms with E-state index in [1.165, 1.54) is 0 Å². The van der Waals surface area contributed by atoms with Crippen LogP contribution in [0.3, 0.4) is 0 Å². The van der Waals surface area contributed by atoms with Gasteiger partial charge in [-0.25, -0.2) is 0 Å². The first-order chi connectivity index (χ1) is 12.7. The Balaban J connectivity index is 0. The molecule has 146 valence electrons. The average molecular weight is 504 g/mol. The Hall–Kier alpha value is 2.72. The third-order valence-electron chi connectivity index (χ3n) is 4.07. The number of benzene rings is 1. The fourth-order valence-electron chi connectivity index (χ4n) is 2.98. The van der Waals surface area contributed by atoms with Gasteiger partial charge in [0.05, 0.1) is 6.04 Å². The van der Waals surface area contributed by atoms with Gasteiger partial charge in [-0.3, -0.25) is 22.5 Å². The molecule has 0 fully saturated rings. The molecule has 0 aliphatic rings. The fraction of sp³-hybridized carbons (Fsp3) is 0.350. The Morgan fingerprint density at radius 3 is 2.47 bits per heavy atom. The van der Waals surface area contributed by atoms with Gasteiger partial charge in [0, 0.05) is 23.1 Å². The molecule has 6 nitrogen and oxygen atoms in total. The first-order valence-corrected chi connectivity index (χ1v) is 10.6. The number of carbonyl (C=O) groups is 1. The number of carbonyl (C=O) groups excluding carboxylic acids is 1. The molecular weight excluding hydrogens is 479 g/mol. The SMILES string of the molecule is [CH2-]C#CC(Cc1c[nH]c2ccccc12)NC(=O)C(CC(C)C)NP([CH2-])(=O)[O-].[K+].[K+].[K+]. The number of para-hydroxylation sites is 1. The van der Waals surface area contributed by atoms with E-state index in [1.54, 1.807) is 0 Å². The first-order valence-electron chi connectivity index (χ1n) is 8.76. The van der Waals surface area contributed by atoms with Gasteiger partial charge in [-0.05, 0) is 30.4 Å². The molecule has 2 aromatic rings. The Morgan fingerprint density at radius 1 is 1.27 bits per heavy atom. The Morgan fingerprint density at radius 2 is 1.90 bits per heavy atom. The van der Waals surface area contributed by atoms with Crippen LogP contribution in [-0.2, 0) is 15.8 Å². The third kappa shape index (κ3) is 12.4. The molecule has 2 rings (SSSR count). The molecule has 10 heteroatoms. The van der Waals surface area contributed by atoms with Crippen LogP contribution >= 0.6 is 7.52 Å². The van der Waals surface area contributed by atoms with Gasteiger partial charge in [0.25, 0.3) is 0 Å². The van der Waals surface area contributed by atoms with Crippen LogP contribution in [0.1, 0.15) is 25.8 Å². The largest absolute Gasteiger partial charge is 1.00 e. The van der Waals surface area contributed by atoms with Gasteiger partial charge in [-0.1, -0.05) is 39.6 Å². The standard InChI is InChI=1S/C20H26N3O3P.3K/c1-5-8-16(12-15-13-21-18-10-7-6-9-17(15)18)22-20(24)19(11-14(2)3)23-27(4,25)26;;;/h6-7,9-10,13-14,16,19,21H,1,4,11-12H2,2-3H3,(H,22,24)(H2,23,25,26);;;/q-2;3*+1/p-1. The number of H-pyrrole nitrogens is 1. The summed E-state index contributed by atoms with van der Waals surface area (Å²) < 4.78 is 11.5. The molecule has 0 saturated heterocycles. The summed E-state index contributed by atoms with van der Waals surface area (Å²) in [7, 11) is -4.04. The van der Waals surface area contributed by atoms with Gasteiger partial charge >= 0.3 is 154 Å². The van der Waals surface area contributed by atoms with Crippen LogP contribution in [0, 0.1) is 31.3 Å². The molecule has 0 radical (unpaired) electrons. The second-order valence-corrected chi connectivity index (χ2v) is 8.54. The van der Waals surface area contributed by atoms with Crippen molar-refractivity contribution in [2.45, 2.75) is 38.8 Å². The Kier molecular flexibility index (Phi) is 20.0. The molecule has 0 aliphatic carbocycles. The van der Waals surface area contributed by atoms with E-state index in [0.29, 0.717) is 12.8 Å². The van der Waals surface area contributed by atoms with Gasteiger partial charge in [-0.2, -0.15) is 6.92 Å². The number of hydrogen-bond donors (Lipinski definition) is 3. The van der Waals surface area contributed by atoms with Crippen LogP contribution in [0.25, 0.3) is 10.9 Å². The predicted molar refractivity (Wildman–Crippen MR) is 106 cm³/mol. The van der Waals surface area contributed by atoms with Crippen molar-refractivity contribution in [3.05, 3.63) is 49.6 Å². The van der Waals surface area contributed by atoms with Crippen LogP contribution in [0.4, 0.5) is 0 Å². The number of amides is 1. The number of aromatic nitrogens is 1. The van der Waals surface area contributed by atoms with Crippen LogP contribution in [0.2, 0.25) is 0 Å². The molecule has 1 aromatic heterocycles. The number of hydrogen-bond acceptors (Lipinski definition) is 3. The molecule has 1 amide bonds. The third-order valence-corrected chi connectivity index (χ3v) is 4.77. The summed E-state index contributed by atoms with van der Waals surface area (Å²) in [5.74, 6) is 5.19. The molecule has 0 spiro atoms. The fourth-order valence-corrected chi connectivity index (χ4v) is 3.68. The van der Waals surface area contributed by atoms with Crippen LogP contribution in [0.15, 0.2) is 30.5 Å². The molecule has 1 heterocycles. The molecule has 0 saturated carbocycles. The van der Waals surface area contributed by atoms with Gasteiger partial charge in [0.1, 0.15) is 0 Å². The zero-order chi connectivity index (χ0) is 20.0. The molecule has 3 N–H and O–H groups in total.